The number of esters is 1. The molecule has 2 unspecified atom stereocenters. The fraction of sp³-hybridized carbons (Fsp3) is 0.929. The average Bonchev–Trinajstić information content (AvgIpc) is 3.33. The lowest BCUT2D eigenvalue weighted by Gasteiger charge is -2.63. The van der Waals surface area contributed by atoms with Gasteiger partial charge >= 0.3 is 5.97 Å². The molecule has 5 rings (SSSR count). The minimum absolute atomic E-state index is 0.0371. The summed E-state index contributed by atoms with van der Waals surface area (Å²) in [6.45, 7) is 12.0. The number of rotatable bonds is 4. The molecule has 1 N–H and O–H groups in total. The molecular weight excluding hydrogens is 400 g/mol. The summed E-state index contributed by atoms with van der Waals surface area (Å²) in [5.41, 5.74) is 1.54. The van der Waals surface area contributed by atoms with E-state index >= 15 is 0 Å². The van der Waals surface area contributed by atoms with Gasteiger partial charge in [-0.3, -0.25) is 4.79 Å². The first-order valence-corrected chi connectivity index (χ1v) is 13.2. The highest BCUT2D eigenvalue weighted by Crippen LogP contribution is 2.89. The molecular formula is C28H44O4. The standard InChI is InChI=1S/C28H44O4/c1-17(15-19(29)23(31)32-6)18-9-11-26(5)21-8-7-20-24(2,3)22(30)10-12-27(20)16-28(21,27)14-13-25(18,26)4/h17-18,20-22,30H,7-16H2,1-6H3/t17-,18-,20?,21?,22+,25-,26+,27-,28+/m1/s1. The van der Waals surface area contributed by atoms with Crippen molar-refractivity contribution < 1.29 is 19.4 Å². The minimum Gasteiger partial charge on any atom is -0.463 e. The van der Waals surface area contributed by atoms with E-state index in [4.69, 9.17) is 0 Å². The third-order valence-electron chi connectivity index (χ3n) is 12.8. The Hall–Kier alpha value is -0.900. The van der Waals surface area contributed by atoms with Gasteiger partial charge in [-0.25, -0.2) is 4.79 Å². The highest BCUT2D eigenvalue weighted by atomic mass is 16.5. The van der Waals surface area contributed by atoms with Crippen LogP contribution in [0.2, 0.25) is 0 Å². The lowest BCUT2D eigenvalue weighted by atomic mass is 9.41. The minimum atomic E-state index is -0.689. The summed E-state index contributed by atoms with van der Waals surface area (Å²) in [7, 11) is 1.30. The van der Waals surface area contributed by atoms with Crippen LogP contribution in [0.1, 0.15) is 98.8 Å². The van der Waals surface area contributed by atoms with E-state index in [1.807, 2.05) is 0 Å². The maximum Gasteiger partial charge on any atom is 0.374 e. The predicted octanol–water partition coefficient (Wildman–Crippen LogP) is 5.55. The van der Waals surface area contributed by atoms with Gasteiger partial charge in [0.2, 0.25) is 5.78 Å². The van der Waals surface area contributed by atoms with E-state index in [-0.39, 0.29) is 28.6 Å². The quantitative estimate of drug-likeness (QED) is 0.456. The van der Waals surface area contributed by atoms with E-state index in [1.165, 1.54) is 58.5 Å². The second-order valence-corrected chi connectivity index (χ2v) is 13.6. The largest absolute Gasteiger partial charge is 0.463 e. The Morgan fingerprint density at radius 2 is 1.56 bits per heavy atom. The molecule has 0 saturated heterocycles. The third-order valence-corrected chi connectivity index (χ3v) is 12.8. The van der Waals surface area contributed by atoms with Gasteiger partial charge in [-0.1, -0.05) is 34.6 Å². The number of carbonyl (C=O) groups excluding carboxylic acids is 2. The van der Waals surface area contributed by atoms with E-state index in [1.54, 1.807) is 0 Å². The molecule has 0 amide bonds. The first kappa shape index (κ1) is 22.9. The molecule has 5 aliphatic carbocycles. The molecule has 0 radical (unpaired) electrons. The van der Waals surface area contributed by atoms with Crippen molar-refractivity contribution in [3.8, 4) is 0 Å². The zero-order valence-electron chi connectivity index (χ0n) is 21.1. The van der Waals surface area contributed by atoms with Gasteiger partial charge in [-0.05, 0) is 109 Å². The second-order valence-electron chi connectivity index (χ2n) is 13.6. The fourth-order valence-electron chi connectivity index (χ4n) is 10.9. The van der Waals surface area contributed by atoms with Crippen LogP contribution in [0.15, 0.2) is 0 Å². The molecule has 180 valence electrons. The molecule has 5 aliphatic rings. The topological polar surface area (TPSA) is 63.6 Å². The molecule has 5 saturated carbocycles. The summed E-state index contributed by atoms with van der Waals surface area (Å²) in [4.78, 5) is 24.1. The number of ketones is 1. The van der Waals surface area contributed by atoms with Gasteiger partial charge in [0.05, 0.1) is 13.2 Å². The Morgan fingerprint density at radius 3 is 2.25 bits per heavy atom. The van der Waals surface area contributed by atoms with Crippen molar-refractivity contribution >= 4 is 11.8 Å². The Balaban J connectivity index is 1.42. The van der Waals surface area contributed by atoms with E-state index in [0.29, 0.717) is 34.5 Å². The Bertz CT molecular complexity index is 833. The maximum absolute atomic E-state index is 12.3. The lowest BCUT2D eigenvalue weighted by Crippen LogP contribution is -2.57. The van der Waals surface area contributed by atoms with Crippen molar-refractivity contribution in [2.45, 2.75) is 105 Å². The number of Topliss-reactive ketones (excluding diaryl/α,β-unsaturated/α-hetero) is 1. The second kappa shape index (κ2) is 6.83. The van der Waals surface area contributed by atoms with Crippen LogP contribution in [0.4, 0.5) is 0 Å². The van der Waals surface area contributed by atoms with Crippen LogP contribution in [0.5, 0.6) is 0 Å². The van der Waals surface area contributed by atoms with E-state index in [2.05, 4.69) is 39.4 Å². The molecule has 4 heteroatoms. The van der Waals surface area contributed by atoms with Crippen molar-refractivity contribution in [3.63, 3.8) is 0 Å². The van der Waals surface area contributed by atoms with Crippen molar-refractivity contribution in [3.05, 3.63) is 0 Å². The van der Waals surface area contributed by atoms with Gasteiger partial charge in [-0.15, -0.1) is 0 Å². The normalized spacial score (nSPS) is 51.5. The highest BCUT2D eigenvalue weighted by Gasteiger charge is 2.82. The van der Waals surface area contributed by atoms with E-state index < -0.39 is 5.97 Å². The van der Waals surface area contributed by atoms with Crippen molar-refractivity contribution in [2.24, 2.45) is 50.7 Å². The Kier molecular flexibility index (Phi) is 4.88. The summed E-state index contributed by atoms with van der Waals surface area (Å²) in [6.07, 6.45) is 11.3. The number of aliphatic hydroxyl groups is 1. The Morgan fingerprint density at radius 1 is 0.906 bits per heavy atom. The first-order valence-electron chi connectivity index (χ1n) is 13.2. The summed E-state index contributed by atoms with van der Waals surface area (Å²) in [6, 6.07) is 0. The van der Waals surface area contributed by atoms with Gasteiger partial charge in [0.1, 0.15) is 0 Å². The summed E-state index contributed by atoms with van der Waals surface area (Å²) in [5, 5.41) is 10.8. The SMILES string of the molecule is COC(=O)C(=O)C[C@@H](C)[C@H]1CC[C@@]2(C)C3CCC4C(C)(C)[C@@H](O)CC[C@@]45C[C@@]35CC[C@]12C. The molecule has 4 nitrogen and oxygen atoms in total. The number of hydrogen-bond donors (Lipinski definition) is 1. The molecule has 2 spiro atoms. The van der Waals surface area contributed by atoms with E-state index in [0.717, 1.165) is 12.3 Å². The molecule has 0 aromatic rings. The molecule has 9 atom stereocenters. The van der Waals surface area contributed by atoms with Crippen LogP contribution in [0.25, 0.3) is 0 Å². The number of ether oxygens (including phenoxy) is 1. The summed E-state index contributed by atoms with van der Waals surface area (Å²) >= 11 is 0. The molecule has 0 aromatic carbocycles. The molecule has 5 fully saturated rings. The number of carbonyl (C=O) groups is 2. The predicted molar refractivity (Wildman–Crippen MR) is 124 cm³/mol. The first-order chi connectivity index (χ1) is 14.9. The number of fused-ring (bicyclic) bond motifs is 2. The van der Waals surface area contributed by atoms with E-state index in [9.17, 15) is 14.7 Å². The monoisotopic (exact) mass is 444 g/mol. The smallest absolute Gasteiger partial charge is 0.374 e. The summed E-state index contributed by atoms with van der Waals surface area (Å²) in [5.74, 6) is 1.09. The molecule has 0 aliphatic heterocycles. The van der Waals surface area contributed by atoms with Crippen LogP contribution in [0, 0.1) is 50.7 Å². The zero-order valence-corrected chi connectivity index (χ0v) is 21.1. The molecule has 32 heavy (non-hydrogen) atoms. The van der Waals surface area contributed by atoms with Crippen molar-refractivity contribution in [2.75, 3.05) is 7.11 Å². The van der Waals surface area contributed by atoms with Crippen LogP contribution in [-0.2, 0) is 14.3 Å². The number of hydrogen-bond acceptors (Lipinski definition) is 4. The van der Waals surface area contributed by atoms with Crippen LogP contribution in [0.3, 0.4) is 0 Å². The zero-order chi connectivity index (χ0) is 23.3. The van der Waals surface area contributed by atoms with Gasteiger partial charge in [-0.2, -0.15) is 0 Å². The Labute approximate surface area is 194 Å². The number of methoxy groups -OCH3 is 1. The highest BCUT2D eigenvalue weighted by molar-refractivity contribution is 6.33. The van der Waals surface area contributed by atoms with Crippen LogP contribution < -0.4 is 0 Å². The van der Waals surface area contributed by atoms with Gasteiger partial charge < -0.3 is 9.84 Å². The molecule has 0 bridgehead atoms. The van der Waals surface area contributed by atoms with Crippen molar-refractivity contribution in [1.29, 1.82) is 0 Å². The van der Waals surface area contributed by atoms with Crippen LogP contribution in [-0.4, -0.2) is 30.1 Å². The maximum atomic E-state index is 12.3. The third kappa shape index (κ3) is 2.54. The van der Waals surface area contributed by atoms with Crippen molar-refractivity contribution in [1.82, 2.24) is 0 Å². The van der Waals surface area contributed by atoms with Gasteiger partial charge in [0, 0.05) is 6.42 Å². The lowest BCUT2D eigenvalue weighted by molar-refractivity contribution is -0.162. The van der Waals surface area contributed by atoms with Gasteiger partial charge in [0.25, 0.3) is 0 Å². The summed E-state index contributed by atoms with van der Waals surface area (Å²) < 4.78 is 4.68. The molecule has 0 aromatic heterocycles. The molecule has 0 heterocycles. The fourth-order valence-corrected chi connectivity index (χ4v) is 10.9. The average molecular weight is 445 g/mol. The van der Waals surface area contributed by atoms with Gasteiger partial charge in [0.15, 0.2) is 0 Å². The number of aliphatic hydroxyl groups excluding tert-OH is 1. The van der Waals surface area contributed by atoms with Crippen LogP contribution >= 0.6 is 0 Å².